The molecular formula is C11H10BrN3OS. The van der Waals surface area contributed by atoms with Crippen LogP contribution in [0.15, 0.2) is 33.8 Å². The second-order valence-corrected chi connectivity index (χ2v) is 5.04. The average molecular weight is 312 g/mol. The normalized spacial score (nSPS) is 10.5. The van der Waals surface area contributed by atoms with E-state index in [1.165, 1.54) is 4.68 Å². The lowest BCUT2D eigenvalue weighted by Gasteiger charge is -2.02. The summed E-state index contributed by atoms with van der Waals surface area (Å²) in [5.41, 5.74) is 1.09. The van der Waals surface area contributed by atoms with Crippen LogP contribution >= 0.6 is 27.7 Å². The minimum absolute atomic E-state index is 0.0861. The van der Waals surface area contributed by atoms with E-state index >= 15 is 0 Å². The van der Waals surface area contributed by atoms with Gasteiger partial charge in [-0.2, -0.15) is 0 Å². The molecule has 4 nitrogen and oxygen atoms in total. The Morgan fingerprint density at radius 2 is 2.00 bits per heavy atom. The van der Waals surface area contributed by atoms with E-state index in [1.807, 2.05) is 30.5 Å². The molecule has 1 aromatic heterocycles. The summed E-state index contributed by atoms with van der Waals surface area (Å²) in [5, 5.41) is 7.59. The van der Waals surface area contributed by atoms with Crippen LogP contribution in [0.4, 0.5) is 0 Å². The van der Waals surface area contributed by atoms with Gasteiger partial charge in [-0.1, -0.05) is 5.21 Å². The van der Waals surface area contributed by atoms with E-state index in [-0.39, 0.29) is 5.78 Å². The fraction of sp³-hybridized carbons (Fsp3) is 0.182. The number of hydrogen-bond donors (Lipinski definition) is 0. The van der Waals surface area contributed by atoms with Crippen LogP contribution in [-0.2, 0) is 7.05 Å². The second kappa shape index (κ2) is 5.01. The molecule has 0 aliphatic heterocycles. The SMILES string of the molecule is CSc1ccc(C(=O)c2c(Br)nnn2C)cc1. The summed E-state index contributed by atoms with van der Waals surface area (Å²) in [5.74, 6) is -0.0861. The number of aromatic nitrogens is 3. The molecule has 0 saturated carbocycles. The molecule has 0 saturated heterocycles. The van der Waals surface area contributed by atoms with Crippen molar-refractivity contribution in [3.05, 3.63) is 40.1 Å². The number of aryl methyl sites for hydroxylation is 1. The van der Waals surface area contributed by atoms with Crippen LogP contribution in [0.1, 0.15) is 16.1 Å². The van der Waals surface area contributed by atoms with Gasteiger partial charge >= 0.3 is 0 Å². The second-order valence-electron chi connectivity index (χ2n) is 3.41. The number of rotatable bonds is 3. The molecule has 2 rings (SSSR count). The van der Waals surface area contributed by atoms with Crippen LogP contribution in [0, 0.1) is 0 Å². The van der Waals surface area contributed by atoms with Crippen LogP contribution < -0.4 is 0 Å². The standard InChI is InChI=1S/C11H10BrN3OS/c1-15-9(11(12)13-14-15)10(16)7-3-5-8(17-2)6-4-7/h3-6H,1-2H3. The first-order chi connectivity index (χ1) is 8.13. The van der Waals surface area contributed by atoms with E-state index in [2.05, 4.69) is 26.2 Å². The lowest BCUT2D eigenvalue weighted by Crippen LogP contribution is -2.08. The Morgan fingerprint density at radius 3 is 2.47 bits per heavy atom. The van der Waals surface area contributed by atoms with E-state index < -0.39 is 0 Å². The van der Waals surface area contributed by atoms with Crippen LogP contribution in [0.25, 0.3) is 0 Å². The number of halogens is 1. The largest absolute Gasteiger partial charge is 0.287 e. The van der Waals surface area contributed by atoms with Gasteiger partial charge in [0.25, 0.3) is 0 Å². The van der Waals surface area contributed by atoms with Crippen LogP contribution in [0.3, 0.4) is 0 Å². The van der Waals surface area contributed by atoms with Gasteiger partial charge in [-0.25, -0.2) is 4.68 Å². The minimum Gasteiger partial charge on any atom is -0.287 e. The van der Waals surface area contributed by atoms with Crippen molar-refractivity contribution in [2.24, 2.45) is 7.05 Å². The highest BCUT2D eigenvalue weighted by atomic mass is 79.9. The van der Waals surface area contributed by atoms with E-state index in [0.717, 1.165) is 4.90 Å². The molecule has 0 N–H and O–H groups in total. The zero-order valence-electron chi connectivity index (χ0n) is 9.35. The minimum atomic E-state index is -0.0861. The molecule has 17 heavy (non-hydrogen) atoms. The number of carbonyl (C=O) groups is 1. The molecule has 88 valence electrons. The quantitative estimate of drug-likeness (QED) is 0.645. The highest BCUT2D eigenvalue weighted by Crippen LogP contribution is 2.19. The summed E-state index contributed by atoms with van der Waals surface area (Å²) in [6.45, 7) is 0. The van der Waals surface area contributed by atoms with Crippen LogP contribution in [0.5, 0.6) is 0 Å². The molecule has 1 heterocycles. The van der Waals surface area contributed by atoms with Gasteiger partial charge in [0.05, 0.1) is 0 Å². The fourth-order valence-electron chi connectivity index (χ4n) is 1.45. The van der Waals surface area contributed by atoms with E-state index in [9.17, 15) is 4.79 Å². The molecule has 0 bridgehead atoms. The lowest BCUT2D eigenvalue weighted by molar-refractivity contribution is 0.102. The maximum Gasteiger partial charge on any atom is 0.213 e. The van der Waals surface area contributed by atoms with Gasteiger partial charge in [0.2, 0.25) is 5.78 Å². The molecule has 0 atom stereocenters. The molecule has 0 aliphatic rings. The average Bonchev–Trinajstić information content (AvgIpc) is 2.68. The fourth-order valence-corrected chi connectivity index (χ4v) is 2.37. The Bertz CT molecular complexity index is 531. The molecule has 1 aromatic carbocycles. The predicted molar refractivity (Wildman–Crippen MR) is 70.4 cm³/mol. The lowest BCUT2D eigenvalue weighted by atomic mass is 10.1. The molecule has 0 radical (unpaired) electrons. The van der Waals surface area contributed by atoms with E-state index in [4.69, 9.17) is 0 Å². The van der Waals surface area contributed by atoms with Crippen molar-refractivity contribution >= 4 is 33.5 Å². The van der Waals surface area contributed by atoms with Gasteiger partial charge in [-0.05, 0) is 46.5 Å². The van der Waals surface area contributed by atoms with Crippen molar-refractivity contribution in [1.29, 1.82) is 0 Å². The molecule has 6 heteroatoms. The highest BCUT2D eigenvalue weighted by Gasteiger charge is 2.18. The van der Waals surface area contributed by atoms with Crippen molar-refractivity contribution in [1.82, 2.24) is 15.0 Å². The molecule has 0 unspecified atom stereocenters. The van der Waals surface area contributed by atoms with Crippen molar-refractivity contribution < 1.29 is 4.79 Å². The van der Waals surface area contributed by atoms with Crippen LogP contribution in [-0.4, -0.2) is 27.0 Å². The maximum atomic E-state index is 12.2. The first-order valence-electron chi connectivity index (χ1n) is 4.87. The van der Waals surface area contributed by atoms with Gasteiger partial charge in [0.1, 0.15) is 5.69 Å². The van der Waals surface area contributed by atoms with Crippen molar-refractivity contribution in [3.8, 4) is 0 Å². The van der Waals surface area contributed by atoms with Crippen molar-refractivity contribution in [2.75, 3.05) is 6.26 Å². The Morgan fingerprint density at radius 1 is 1.35 bits per heavy atom. The van der Waals surface area contributed by atoms with Crippen LogP contribution in [0.2, 0.25) is 0 Å². The summed E-state index contributed by atoms with van der Waals surface area (Å²) < 4.78 is 1.94. The number of carbonyl (C=O) groups excluding carboxylic acids is 1. The first-order valence-corrected chi connectivity index (χ1v) is 6.89. The van der Waals surface area contributed by atoms with Crippen molar-refractivity contribution in [3.63, 3.8) is 0 Å². The Balaban J connectivity index is 2.37. The molecule has 0 aliphatic carbocycles. The summed E-state index contributed by atoms with van der Waals surface area (Å²) in [7, 11) is 1.70. The Hall–Kier alpha value is -1.14. The van der Waals surface area contributed by atoms with Crippen molar-refractivity contribution in [2.45, 2.75) is 4.90 Å². The third-order valence-corrected chi connectivity index (χ3v) is 3.63. The summed E-state index contributed by atoms with van der Waals surface area (Å²) >= 11 is 4.87. The van der Waals surface area contributed by atoms with E-state index in [1.54, 1.807) is 18.8 Å². The van der Waals surface area contributed by atoms with Gasteiger partial charge in [0, 0.05) is 17.5 Å². The number of ketones is 1. The third kappa shape index (κ3) is 2.42. The molecule has 0 spiro atoms. The summed E-state index contributed by atoms with van der Waals surface area (Å²) in [6.07, 6.45) is 2.00. The zero-order valence-corrected chi connectivity index (χ0v) is 11.7. The van der Waals surface area contributed by atoms with E-state index in [0.29, 0.717) is 15.9 Å². The number of thioether (sulfide) groups is 1. The van der Waals surface area contributed by atoms with Gasteiger partial charge in [-0.15, -0.1) is 16.9 Å². The number of nitrogens with zero attached hydrogens (tertiary/aromatic N) is 3. The third-order valence-electron chi connectivity index (χ3n) is 2.35. The predicted octanol–water partition coefficient (Wildman–Crippen LogP) is 2.53. The molecule has 0 amide bonds. The topological polar surface area (TPSA) is 47.8 Å². The molecule has 0 fully saturated rings. The number of hydrogen-bond acceptors (Lipinski definition) is 4. The first kappa shape index (κ1) is 12.3. The smallest absolute Gasteiger partial charge is 0.213 e. The van der Waals surface area contributed by atoms with Gasteiger partial charge in [0.15, 0.2) is 4.60 Å². The summed E-state index contributed by atoms with van der Waals surface area (Å²) in [6, 6.07) is 7.48. The maximum absolute atomic E-state index is 12.2. The zero-order chi connectivity index (χ0) is 12.4. The monoisotopic (exact) mass is 311 g/mol. The summed E-state index contributed by atoms with van der Waals surface area (Å²) in [4.78, 5) is 13.3. The van der Waals surface area contributed by atoms with Gasteiger partial charge in [-0.3, -0.25) is 4.79 Å². The highest BCUT2D eigenvalue weighted by molar-refractivity contribution is 9.10. The molecule has 2 aromatic rings. The van der Waals surface area contributed by atoms with Gasteiger partial charge < -0.3 is 0 Å². The Kier molecular flexibility index (Phi) is 3.63. The molecular weight excluding hydrogens is 302 g/mol. The Labute approximate surface area is 112 Å². The number of benzene rings is 1.